The second-order valence-corrected chi connectivity index (χ2v) is 8.14. The minimum atomic E-state index is -0.210. The van der Waals surface area contributed by atoms with Crippen molar-refractivity contribution in [2.45, 2.75) is 52.6 Å². The quantitative estimate of drug-likeness (QED) is 0.680. The van der Waals surface area contributed by atoms with Crippen LogP contribution in [0.1, 0.15) is 55.9 Å². The molecule has 0 radical (unpaired) electrons. The van der Waals surface area contributed by atoms with Gasteiger partial charge in [0.05, 0.1) is 9.75 Å². The Kier molecular flexibility index (Phi) is 3.02. The third-order valence-electron chi connectivity index (χ3n) is 3.64. The van der Waals surface area contributed by atoms with Gasteiger partial charge in [-0.25, -0.2) is 0 Å². The first kappa shape index (κ1) is 13.2. The van der Waals surface area contributed by atoms with Gasteiger partial charge in [-0.3, -0.25) is 0 Å². The number of thiophene rings is 2. The summed E-state index contributed by atoms with van der Waals surface area (Å²) in [5.41, 5.74) is 1.15. The Morgan fingerprint density at radius 2 is 1.89 bits per heavy atom. The van der Waals surface area contributed by atoms with Crippen LogP contribution in [0.3, 0.4) is 0 Å². The summed E-state index contributed by atoms with van der Waals surface area (Å²) in [5.74, 6) is 1.66. The number of fused-ring (bicyclic) bond motifs is 3. The molecule has 1 aliphatic heterocycles. The number of ether oxygens (including phenoxy) is 1. The van der Waals surface area contributed by atoms with Gasteiger partial charge in [0.2, 0.25) is 0 Å². The lowest BCUT2D eigenvalue weighted by molar-refractivity contribution is 0.107. The molecule has 0 atom stereocenters. The van der Waals surface area contributed by atoms with Gasteiger partial charge in [-0.15, -0.1) is 22.7 Å². The van der Waals surface area contributed by atoms with Gasteiger partial charge in [0.25, 0.3) is 0 Å². The number of hydrogen-bond donors (Lipinski definition) is 0. The van der Waals surface area contributed by atoms with E-state index >= 15 is 0 Å². The molecular formula is C16H20OS2. The van der Waals surface area contributed by atoms with Crippen LogP contribution < -0.4 is 4.74 Å². The molecule has 0 saturated heterocycles. The lowest BCUT2D eigenvalue weighted by Gasteiger charge is -2.31. The number of rotatable bonds is 2. The van der Waals surface area contributed by atoms with Crippen LogP contribution >= 0.6 is 22.7 Å². The van der Waals surface area contributed by atoms with Gasteiger partial charge in [-0.05, 0) is 38.3 Å². The Balaban J connectivity index is 2.21. The molecule has 2 aromatic rings. The molecule has 0 saturated carbocycles. The van der Waals surface area contributed by atoms with Crippen LogP contribution in [-0.4, -0.2) is 0 Å². The van der Waals surface area contributed by atoms with Crippen molar-refractivity contribution in [3.05, 3.63) is 27.5 Å². The lowest BCUT2D eigenvalue weighted by atomic mass is 9.94. The van der Waals surface area contributed by atoms with Gasteiger partial charge >= 0.3 is 0 Å². The third-order valence-corrected chi connectivity index (χ3v) is 6.50. The summed E-state index contributed by atoms with van der Waals surface area (Å²) in [6, 6.07) is 4.57. The predicted octanol–water partition coefficient (Wildman–Crippen LogP) is 5.79. The van der Waals surface area contributed by atoms with Crippen molar-refractivity contribution < 1.29 is 4.74 Å². The maximum Gasteiger partial charge on any atom is 0.140 e. The molecule has 0 bridgehead atoms. The smallest absolute Gasteiger partial charge is 0.140 e. The molecule has 1 nitrogen and oxygen atoms in total. The maximum absolute atomic E-state index is 6.24. The average molecular weight is 292 g/mol. The second kappa shape index (κ2) is 4.35. The molecule has 102 valence electrons. The monoisotopic (exact) mass is 292 g/mol. The third kappa shape index (κ3) is 2.03. The molecular weight excluding hydrogens is 272 g/mol. The van der Waals surface area contributed by atoms with Crippen molar-refractivity contribution in [1.82, 2.24) is 0 Å². The van der Waals surface area contributed by atoms with Crippen LogP contribution in [0.4, 0.5) is 0 Å². The van der Waals surface area contributed by atoms with Crippen molar-refractivity contribution in [3.8, 4) is 15.5 Å². The zero-order valence-electron chi connectivity index (χ0n) is 12.2. The summed E-state index contributed by atoms with van der Waals surface area (Å²) in [5, 5.41) is 0. The topological polar surface area (TPSA) is 9.23 Å². The van der Waals surface area contributed by atoms with Crippen LogP contribution in [-0.2, 0) is 12.0 Å². The van der Waals surface area contributed by atoms with Gasteiger partial charge < -0.3 is 4.74 Å². The summed E-state index contributed by atoms with van der Waals surface area (Å²) in [6.07, 6.45) is 1.08. The van der Waals surface area contributed by atoms with E-state index in [4.69, 9.17) is 4.74 Å². The molecule has 0 spiro atoms. The molecule has 0 amide bonds. The Labute approximate surface area is 123 Å². The van der Waals surface area contributed by atoms with E-state index in [-0.39, 0.29) is 5.60 Å². The molecule has 3 rings (SSSR count). The van der Waals surface area contributed by atoms with Crippen molar-refractivity contribution in [2.24, 2.45) is 0 Å². The summed E-state index contributed by atoms with van der Waals surface area (Å²) >= 11 is 3.83. The fraction of sp³-hybridized carbons (Fsp3) is 0.500. The average Bonchev–Trinajstić information content (AvgIpc) is 2.90. The molecule has 0 unspecified atom stereocenters. The largest absolute Gasteiger partial charge is 0.482 e. The Morgan fingerprint density at radius 1 is 1.16 bits per heavy atom. The van der Waals surface area contributed by atoms with E-state index in [1.165, 1.54) is 25.1 Å². The lowest BCUT2D eigenvalue weighted by Crippen LogP contribution is -2.27. The van der Waals surface area contributed by atoms with E-state index in [1.54, 1.807) is 0 Å². The minimum absolute atomic E-state index is 0.210. The molecule has 0 N–H and O–H groups in total. The van der Waals surface area contributed by atoms with Crippen molar-refractivity contribution >= 4 is 22.7 Å². The van der Waals surface area contributed by atoms with Crippen LogP contribution in [0, 0.1) is 0 Å². The van der Waals surface area contributed by atoms with Gasteiger partial charge in [-0.2, -0.15) is 0 Å². The zero-order chi connectivity index (χ0) is 13.8. The van der Waals surface area contributed by atoms with Gasteiger partial charge in [0.1, 0.15) is 11.4 Å². The number of hydrogen-bond acceptors (Lipinski definition) is 3. The fourth-order valence-corrected chi connectivity index (χ4v) is 4.95. The highest BCUT2D eigenvalue weighted by Gasteiger charge is 2.36. The van der Waals surface area contributed by atoms with E-state index in [0.717, 1.165) is 12.2 Å². The predicted molar refractivity (Wildman–Crippen MR) is 84.8 cm³/mol. The van der Waals surface area contributed by atoms with Crippen molar-refractivity contribution in [1.29, 1.82) is 0 Å². The van der Waals surface area contributed by atoms with Crippen LogP contribution in [0.5, 0.6) is 5.75 Å². The summed E-state index contributed by atoms with van der Waals surface area (Å²) in [4.78, 5) is 5.64. The highest BCUT2D eigenvalue weighted by Crippen LogP contribution is 2.53. The summed E-state index contributed by atoms with van der Waals surface area (Å²) in [7, 11) is 0. The molecule has 1 aliphatic rings. The summed E-state index contributed by atoms with van der Waals surface area (Å²) < 4.78 is 6.24. The normalized spacial score (nSPS) is 16.1. The van der Waals surface area contributed by atoms with E-state index in [2.05, 4.69) is 46.8 Å². The SMILES string of the molecule is CCc1cc2c(s1)-c1sc(C(C)C)cc1C(C)(C)O2. The fourth-order valence-electron chi connectivity index (χ4n) is 2.47. The molecule has 19 heavy (non-hydrogen) atoms. The molecule has 0 fully saturated rings. The van der Waals surface area contributed by atoms with Gasteiger partial charge in [0.15, 0.2) is 0 Å². The first-order chi connectivity index (χ1) is 8.92. The van der Waals surface area contributed by atoms with E-state index in [0.29, 0.717) is 5.92 Å². The maximum atomic E-state index is 6.24. The molecule has 3 heteroatoms. The number of aryl methyl sites for hydroxylation is 1. The Bertz CT molecular complexity index is 617. The van der Waals surface area contributed by atoms with Crippen molar-refractivity contribution in [2.75, 3.05) is 0 Å². The zero-order valence-corrected chi connectivity index (χ0v) is 13.8. The van der Waals surface area contributed by atoms with Crippen molar-refractivity contribution in [3.63, 3.8) is 0 Å². The highest BCUT2D eigenvalue weighted by atomic mass is 32.1. The summed E-state index contributed by atoms with van der Waals surface area (Å²) in [6.45, 7) is 11.1. The molecule has 0 aliphatic carbocycles. The van der Waals surface area contributed by atoms with Crippen LogP contribution in [0.2, 0.25) is 0 Å². The molecule has 3 heterocycles. The Morgan fingerprint density at radius 3 is 2.53 bits per heavy atom. The van der Waals surface area contributed by atoms with Crippen LogP contribution in [0.25, 0.3) is 9.75 Å². The minimum Gasteiger partial charge on any atom is -0.482 e. The van der Waals surface area contributed by atoms with Crippen LogP contribution in [0.15, 0.2) is 12.1 Å². The first-order valence-corrected chi connectivity index (χ1v) is 8.52. The Hall–Kier alpha value is -0.800. The second-order valence-electron chi connectivity index (χ2n) is 5.92. The van der Waals surface area contributed by atoms with Gasteiger partial charge in [0, 0.05) is 15.3 Å². The van der Waals surface area contributed by atoms with E-state index in [1.807, 2.05) is 22.7 Å². The van der Waals surface area contributed by atoms with E-state index < -0.39 is 0 Å². The standard InChI is InChI=1S/C16H20OS2/c1-6-10-7-12-15(18-10)14-11(16(4,5)17-12)8-13(19-14)9(2)3/h7-9H,6H2,1-5H3. The highest BCUT2D eigenvalue weighted by molar-refractivity contribution is 7.22. The molecule has 2 aromatic heterocycles. The first-order valence-electron chi connectivity index (χ1n) is 6.88. The van der Waals surface area contributed by atoms with E-state index in [9.17, 15) is 0 Å². The van der Waals surface area contributed by atoms with Gasteiger partial charge in [-0.1, -0.05) is 20.8 Å². The molecule has 0 aromatic carbocycles.